The third-order valence-electron chi connectivity index (χ3n) is 4.97. The molecule has 0 bridgehead atoms. The van der Waals surface area contributed by atoms with Gasteiger partial charge < -0.3 is 14.9 Å². The minimum Gasteiger partial charge on any atom is -0.414 e. The molecule has 0 aliphatic carbocycles. The summed E-state index contributed by atoms with van der Waals surface area (Å²) in [6, 6.07) is 0. The topological polar surface area (TPSA) is 88.1 Å². The minimum absolute atomic E-state index is 0.0415. The molecular weight excluding hydrogens is 360 g/mol. The highest BCUT2D eigenvalue weighted by atomic mass is 28.4. The Morgan fingerprint density at radius 1 is 1.31 bits per heavy atom. The highest BCUT2D eigenvalue weighted by molar-refractivity contribution is 6.74. The molecule has 0 fully saturated rings. The molecule has 3 heterocycles. The Morgan fingerprint density at radius 3 is 2.65 bits per heavy atom. The van der Waals surface area contributed by atoms with Crippen LogP contribution in [0.1, 0.15) is 27.0 Å². The standard InChI is InChI=1S/C16H23F2N5O2Si/c1-16(2,3)26(4,5)24-7-9-6-10(17)14(25-9)23-8-20-11-12(19)21-15(18)22-13(11)23/h6,8-9,14H,7H2,1-5H3,(H2,19,21,22)/t9-,14+/m0/s1. The third-order valence-corrected chi connectivity index (χ3v) is 9.47. The van der Waals surface area contributed by atoms with E-state index in [4.69, 9.17) is 14.9 Å². The Kier molecular flexibility index (Phi) is 4.61. The van der Waals surface area contributed by atoms with Gasteiger partial charge in [0.25, 0.3) is 0 Å². The Labute approximate surface area is 151 Å². The molecule has 0 radical (unpaired) electrons. The summed E-state index contributed by atoms with van der Waals surface area (Å²) in [6.07, 6.45) is 0.0451. The van der Waals surface area contributed by atoms with E-state index in [0.29, 0.717) is 0 Å². The monoisotopic (exact) mass is 383 g/mol. The maximum atomic E-state index is 14.5. The first-order valence-electron chi connectivity index (χ1n) is 8.32. The number of fused-ring (bicyclic) bond motifs is 1. The van der Waals surface area contributed by atoms with Crippen LogP contribution in [0.5, 0.6) is 0 Å². The van der Waals surface area contributed by atoms with Crippen LogP contribution in [0.15, 0.2) is 18.2 Å². The van der Waals surface area contributed by atoms with Crippen LogP contribution >= 0.6 is 0 Å². The van der Waals surface area contributed by atoms with Gasteiger partial charge in [0.05, 0.1) is 12.9 Å². The molecule has 3 rings (SSSR count). The summed E-state index contributed by atoms with van der Waals surface area (Å²) in [4.78, 5) is 11.1. The lowest BCUT2D eigenvalue weighted by atomic mass is 10.2. The zero-order chi connectivity index (χ0) is 19.3. The molecule has 10 heteroatoms. The normalized spacial score (nSPS) is 21.4. The fourth-order valence-electron chi connectivity index (χ4n) is 2.40. The first-order chi connectivity index (χ1) is 12.0. The second-order valence-corrected chi connectivity index (χ2v) is 12.7. The summed E-state index contributed by atoms with van der Waals surface area (Å²) in [5.41, 5.74) is 5.91. The van der Waals surface area contributed by atoms with Gasteiger partial charge >= 0.3 is 6.08 Å². The fraction of sp³-hybridized carbons (Fsp3) is 0.562. The van der Waals surface area contributed by atoms with Gasteiger partial charge in [0, 0.05) is 0 Å². The molecule has 26 heavy (non-hydrogen) atoms. The van der Waals surface area contributed by atoms with E-state index in [9.17, 15) is 8.78 Å². The van der Waals surface area contributed by atoms with E-state index in [1.165, 1.54) is 17.0 Å². The largest absolute Gasteiger partial charge is 0.414 e. The first-order valence-corrected chi connectivity index (χ1v) is 11.2. The Bertz CT molecular complexity index is 862. The van der Waals surface area contributed by atoms with E-state index in [1.54, 1.807) is 0 Å². The van der Waals surface area contributed by atoms with Crippen molar-refractivity contribution >= 4 is 25.3 Å². The molecule has 2 N–H and O–H groups in total. The van der Waals surface area contributed by atoms with Crippen molar-refractivity contribution in [3.05, 3.63) is 24.3 Å². The summed E-state index contributed by atoms with van der Waals surface area (Å²) in [7, 11) is -1.98. The molecule has 0 saturated carbocycles. The Balaban J connectivity index is 1.78. The molecule has 0 saturated heterocycles. The van der Waals surface area contributed by atoms with Crippen molar-refractivity contribution in [3.8, 4) is 0 Å². The van der Waals surface area contributed by atoms with Crippen molar-refractivity contribution in [1.82, 2.24) is 19.5 Å². The average Bonchev–Trinajstić information content (AvgIpc) is 3.07. The van der Waals surface area contributed by atoms with Gasteiger partial charge in [-0.3, -0.25) is 4.57 Å². The lowest BCUT2D eigenvalue weighted by molar-refractivity contribution is -0.0151. The van der Waals surface area contributed by atoms with Gasteiger partial charge in [0.1, 0.15) is 11.9 Å². The van der Waals surface area contributed by atoms with Gasteiger partial charge in [-0.15, -0.1) is 0 Å². The lowest BCUT2D eigenvalue weighted by Gasteiger charge is -2.36. The van der Waals surface area contributed by atoms with Crippen LogP contribution in [0.25, 0.3) is 11.2 Å². The van der Waals surface area contributed by atoms with Crippen molar-refractivity contribution in [1.29, 1.82) is 0 Å². The first kappa shape index (κ1) is 18.9. The summed E-state index contributed by atoms with van der Waals surface area (Å²) < 4.78 is 41.1. The van der Waals surface area contributed by atoms with Gasteiger partial charge in [-0.05, 0) is 24.2 Å². The van der Waals surface area contributed by atoms with Gasteiger partial charge in [0.15, 0.2) is 31.5 Å². The molecule has 142 valence electrons. The molecule has 2 aromatic rings. The van der Waals surface area contributed by atoms with Crippen LogP contribution in [0.2, 0.25) is 18.1 Å². The number of rotatable bonds is 4. The van der Waals surface area contributed by atoms with Crippen molar-refractivity contribution in [2.24, 2.45) is 0 Å². The molecule has 0 aromatic carbocycles. The molecule has 1 aliphatic rings. The van der Waals surface area contributed by atoms with Crippen LogP contribution in [0.3, 0.4) is 0 Å². The van der Waals surface area contributed by atoms with Gasteiger partial charge in [0.2, 0.25) is 0 Å². The zero-order valence-corrected chi connectivity index (χ0v) is 16.5. The zero-order valence-electron chi connectivity index (χ0n) is 15.5. The van der Waals surface area contributed by atoms with Gasteiger partial charge in [-0.2, -0.15) is 14.4 Å². The number of aromatic nitrogens is 4. The molecule has 1 aliphatic heterocycles. The van der Waals surface area contributed by atoms with Crippen LogP contribution in [-0.2, 0) is 9.16 Å². The van der Waals surface area contributed by atoms with Crippen LogP contribution < -0.4 is 5.73 Å². The second-order valence-electron chi connectivity index (χ2n) is 7.85. The van der Waals surface area contributed by atoms with Gasteiger partial charge in [-0.1, -0.05) is 20.8 Å². The maximum absolute atomic E-state index is 14.5. The van der Waals surface area contributed by atoms with Crippen LogP contribution in [-0.4, -0.2) is 40.5 Å². The second kappa shape index (κ2) is 6.36. The molecule has 0 amide bonds. The molecule has 2 atom stereocenters. The number of anilines is 1. The number of hydrogen-bond donors (Lipinski definition) is 1. The Morgan fingerprint density at radius 2 is 2.00 bits per heavy atom. The van der Waals surface area contributed by atoms with E-state index in [1.807, 2.05) is 0 Å². The minimum atomic E-state index is -1.98. The maximum Gasteiger partial charge on any atom is 0.312 e. The number of hydrogen-bond acceptors (Lipinski definition) is 6. The molecule has 0 spiro atoms. The van der Waals surface area contributed by atoms with Crippen molar-refractivity contribution in [3.63, 3.8) is 0 Å². The molecular formula is C16H23F2N5O2Si. The summed E-state index contributed by atoms with van der Waals surface area (Å²) in [5, 5.41) is 0.0415. The average molecular weight is 383 g/mol. The fourth-order valence-corrected chi connectivity index (χ4v) is 3.42. The van der Waals surface area contributed by atoms with Gasteiger partial charge in [-0.25, -0.2) is 9.37 Å². The number of nitrogens with two attached hydrogens (primary N) is 1. The SMILES string of the molecule is CC(C)(C)[Si](C)(C)OC[C@@H]1C=C(F)[C@H](n2cnc3c(N)nc(F)nc32)O1. The quantitative estimate of drug-likeness (QED) is 0.644. The van der Waals surface area contributed by atoms with E-state index in [0.717, 1.165) is 0 Å². The van der Waals surface area contributed by atoms with Crippen LogP contribution in [0.4, 0.5) is 14.6 Å². The van der Waals surface area contributed by atoms with Crippen molar-refractivity contribution in [2.75, 3.05) is 12.3 Å². The molecule has 2 aromatic heterocycles. The lowest BCUT2D eigenvalue weighted by Crippen LogP contribution is -2.42. The van der Waals surface area contributed by atoms with Crippen LogP contribution in [0, 0.1) is 6.08 Å². The van der Waals surface area contributed by atoms with E-state index < -0.39 is 32.6 Å². The molecule has 0 unspecified atom stereocenters. The third kappa shape index (κ3) is 3.36. The predicted molar refractivity (Wildman–Crippen MR) is 95.9 cm³/mol. The number of ether oxygens (including phenoxy) is 1. The smallest absolute Gasteiger partial charge is 0.312 e. The van der Waals surface area contributed by atoms with Crippen molar-refractivity contribution < 1.29 is 17.9 Å². The number of imidazole rings is 1. The number of halogens is 2. The summed E-state index contributed by atoms with van der Waals surface area (Å²) in [6.45, 7) is 10.9. The molecule has 7 nitrogen and oxygen atoms in total. The van der Waals surface area contributed by atoms with E-state index >= 15 is 0 Å². The predicted octanol–water partition coefficient (Wildman–Crippen LogP) is 3.32. The van der Waals surface area contributed by atoms with E-state index in [-0.39, 0.29) is 28.6 Å². The Hall–Kier alpha value is -1.91. The number of nitrogen functional groups attached to an aromatic ring is 1. The summed E-state index contributed by atoms with van der Waals surface area (Å²) >= 11 is 0. The number of nitrogens with zero attached hydrogens (tertiary/aromatic N) is 4. The highest BCUT2D eigenvalue weighted by Crippen LogP contribution is 2.38. The van der Waals surface area contributed by atoms with Crippen molar-refractivity contribution in [2.45, 2.75) is 51.2 Å². The summed E-state index contributed by atoms with van der Waals surface area (Å²) in [5.74, 6) is -0.614. The highest BCUT2D eigenvalue weighted by Gasteiger charge is 2.39. The van der Waals surface area contributed by atoms with E-state index in [2.05, 4.69) is 48.8 Å².